The third-order valence-corrected chi connectivity index (χ3v) is 3.70. The lowest BCUT2D eigenvalue weighted by atomic mass is 10.1. The molecule has 1 heterocycles. The van der Waals surface area contributed by atoms with Crippen LogP contribution in [0.1, 0.15) is 13.8 Å². The van der Waals surface area contributed by atoms with E-state index in [4.69, 9.17) is 0 Å². The Labute approximate surface area is 122 Å². The second kappa shape index (κ2) is 5.45. The summed E-state index contributed by atoms with van der Waals surface area (Å²) in [6.07, 6.45) is 1.10. The van der Waals surface area contributed by atoms with Crippen molar-refractivity contribution in [3.8, 4) is 0 Å². The van der Waals surface area contributed by atoms with E-state index < -0.39 is 15.6 Å². The predicted octanol–water partition coefficient (Wildman–Crippen LogP) is 0.663. The molecular formula is C13H18N4O3S. The molecule has 0 saturated heterocycles. The van der Waals surface area contributed by atoms with Crippen molar-refractivity contribution >= 4 is 26.9 Å². The highest BCUT2D eigenvalue weighted by atomic mass is 32.2. The van der Waals surface area contributed by atoms with Crippen LogP contribution in [-0.4, -0.2) is 36.7 Å². The van der Waals surface area contributed by atoms with Crippen molar-refractivity contribution < 1.29 is 8.42 Å². The van der Waals surface area contributed by atoms with Crippen molar-refractivity contribution in [3.05, 3.63) is 34.6 Å². The van der Waals surface area contributed by atoms with Crippen molar-refractivity contribution in [2.75, 3.05) is 18.1 Å². The summed E-state index contributed by atoms with van der Waals surface area (Å²) >= 11 is 0. The number of benzene rings is 1. The monoisotopic (exact) mass is 310 g/mol. The molecular weight excluding hydrogens is 292 g/mol. The molecule has 0 saturated carbocycles. The molecule has 0 fully saturated rings. The highest BCUT2D eigenvalue weighted by Gasteiger charge is 2.22. The third-order valence-electron chi connectivity index (χ3n) is 2.77. The van der Waals surface area contributed by atoms with E-state index in [1.54, 1.807) is 38.1 Å². The number of rotatable bonds is 5. The maximum atomic E-state index is 11.9. The molecule has 21 heavy (non-hydrogen) atoms. The molecule has 0 amide bonds. The van der Waals surface area contributed by atoms with E-state index in [0.29, 0.717) is 16.9 Å². The minimum absolute atomic E-state index is 0.239. The van der Waals surface area contributed by atoms with Crippen LogP contribution in [0.2, 0.25) is 0 Å². The molecule has 0 spiro atoms. The van der Waals surface area contributed by atoms with Crippen molar-refractivity contribution in [2.45, 2.75) is 19.4 Å². The summed E-state index contributed by atoms with van der Waals surface area (Å²) in [4.78, 5) is 18.8. The van der Waals surface area contributed by atoms with E-state index in [2.05, 4.69) is 20.0 Å². The molecule has 8 heteroatoms. The van der Waals surface area contributed by atoms with Gasteiger partial charge in [0.05, 0.1) is 17.2 Å². The van der Waals surface area contributed by atoms with Crippen LogP contribution >= 0.6 is 0 Å². The lowest BCUT2D eigenvalue weighted by molar-refractivity contribution is 0.475. The van der Waals surface area contributed by atoms with Crippen molar-refractivity contribution in [2.24, 2.45) is 0 Å². The summed E-state index contributed by atoms with van der Waals surface area (Å²) in [5.74, 6) is 0.307. The standard InChI is InChI=1S/C13H18N4O3S/c1-13(2,17-21(3,19)20)8-14-12-15-10-7-5-4-6-9(10)11(18)16-12/h4-7,17H,8H2,1-3H3,(H2,14,15,16,18). The number of anilines is 1. The number of nitrogens with one attached hydrogen (secondary N) is 3. The summed E-state index contributed by atoms with van der Waals surface area (Å²) < 4.78 is 25.1. The molecule has 0 bridgehead atoms. The Bertz CT molecular complexity index is 812. The highest BCUT2D eigenvalue weighted by Crippen LogP contribution is 2.09. The number of para-hydroxylation sites is 1. The molecule has 0 aliphatic heterocycles. The van der Waals surface area contributed by atoms with E-state index in [-0.39, 0.29) is 12.1 Å². The zero-order valence-electron chi connectivity index (χ0n) is 12.1. The second-order valence-electron chi connectivity index (χ2n) is 5.54. The predicted molar refractivity (Wildman–Crippen MR) is 82.9 cm³/mol. The quantitative estimate of drug-likeness (QED) is 0.753. The minimum atomic E-state index is -3.31. The van der Waals surface area contributed by atoms with Gasteiger partial charge in [0.25, 0.3) is 5.56 Å². The average molecular weight is 310 g/mol. The number of aromatic nitrogens is 2. The normalized spacial score (nSPS) is 12.5. The van der Waals surface area contributed by atoms with Gasteiger partial charge in [0.1, 0.15) is 0 Å². The summed E-state index contributed by atoms with van der Waals surface area (Å²) in [6, 6.07) is 7.01. The van der Waals surface area contributed by atoms with Gasteiger partial charge in [-0.25, -0.2) is 18.1 Å². The Balaban J connectivity index is 2.19. The van der Waals surface area contributed by atoms with Crippen LogP contribution in [0.4, 0.5) is 5.95 Å². The molecule has 0 unspecified atom stereocenters. The first-order valence-electron chi connectivity index (χ1n) is 6.38. The van der Waals surface area contributed by atoms with Crippen LogP contribution in [0.15, 0.2) is 29.1 Å². The molecule has 0 aliphatic rings. The summed E-state index contributed by atoms with van der Waals surface area (Å²) in [5.41, 5.74) is -0.368. The van der Waals surface area contributed by atoms with Gasteiger partial charge in [0.2, 0.25) is 16.0 Å². The zero-order valence-corrected chi connectivity index (χ0v) is 12.9. The highest BCUT2D eigenvalue weighted by molar-refractivity contribution is 7.88. The number of fused-ring (bicyclic) bond motifs is 1. The maximum absolute atomic E-state index is 11.9. The Hall–Kier alpha value is -1.93. The van der Waals surface area contributed by atoms with Gasteiger partial charge in [-0.15, -0.1) is 0 Å². The molecule has 2 rings (SSSR count). The molecule has 2 aromatic rings. The Morgan fingerprint density at radius 2 is 1.95 bits per heavy atom. The zero-order chi connectivity index (χ0) is 15.7. The molecule has 0 aliphatic carbocycles. The van der Waals surface area contributed by atoms with Crippen molar-refractivity contribution in [3.63, 3.8) is 0 Å². The topological polar surface area (TPSA) is 104 Å². The van der Waals surface area contributed by atoms with Crippen molar-refractivity contribution in [1.82, 2.24) is 14.7 Å². The van der Waals surface area contributed by atoms with E-state index in [0.717, 1.165) is 6.26 Å². The average Bonchev–Trinajstić information content (AvgIpc) is 2.34. The first-order chi connectivity index (χ1) is 9.66. The third kappa shape index (κ3) is 4.27. The Kier molecular flexibility index (Phi) is 4.02. The molecule has 0 radical (unpaired) electrons. The number of aromatic amines is 1. The summed E-state index contributed by atoms with van der Waals surface area (Å²) in [7, 11) is -3.31. The summed E-state index contributed by atoms with van der Waals surface area (Å²) in [6.45, 7) is 3.75. The van der Waals surface area contributed by atoms with E-state index in [1.807, 2.05) is 0 Å². The number of H-pyrrole nitrogens is 1. The fourth-order valence-corrected chi connectivity index (χ4v) is 3.09. The van der Waals surface area contributed by atoms with Gasteiger partial charge in [0, 0.05) is 12.1 Å². The van der Waals surface area contributed by atoms with Gasteiger partial charge in [-0.3, -0.25) is 9.78 Å². The number of nitrogens with zero attached hydrogens (tertiary/aromatic N) is 1. The van der Waals surface area contributed by atoms with Crippen LogP contribution in [0.3, 0.4) is 0 Å². The molecule has 114 valence electrons. The largest absolute Gasteiger partial charge is 0.354 e. The van der Waals surface area contributed by atoms with Gasteiger partial charge in [-0.1, -0.05) is 12.1 Å². The minimum Gasteiger partial charge on any atom is -0.354 e. The Morgan fingerprint density at radius 3 is 2.62 bits per heavy atom. The van der Waals surface area contributed by atoms with Crippen LogP contribution in [0.25, 0.3) is 10.9 Å². The van der Waals surface area contributed by atoms with Gasteiger partial charge >= 0.3 is 0 Å². The van der Waals surface area contributed by atoms with E-state index in [9.17, 15) is 13.2 Å². The maximum Gasteiger partial charge on any atom is 0.260 e. The van der Waals surface area contributed by atoms with Crippen LogP contribution < -0.4 is 15.6 Å². The Morgan fingerprint density at radius 1 is 1.29 bits per heavy atom. The molecule has 7 nitrogen and oxygen atoms in total. The van der Waals surface area contributed by atoms with Crippen LogP contribution in [-0.2, 0) is 10.0 Å². The molecule has 0 atom stereocenters. The molecule has 3 N–H and O–H groups in total. The number of hydrogen-bond donors (Lipinski definition) is 3. The van der Waals surface area contributed by atoms with Crippen molar-refractivity contribution in [1.29, 1.82) is 0 Å². The number of sulfonamides is 1. The van der Waals surface area contributed by atoms with Gasteiger partial charge in [-0.2, -0.15) is 0 Å². The fraction of sp³-hybridized carbons (Fsp3) is 0.385. The number of hydrogen-bond acceptors (Lipinski definition) is 5. The first kappa shape index (κ1) is 15.5. The fourth-order valence-electron chi connectivity index (χ4n) is 2.01. The van der Waals surface area contributed by atoms with Gasteiger partial charge in [0.15, 0.2) is 0 Å². The van der Waals surface area contributed by atoms with Crippen LogP contribution in [0.5, 0.6) is 0 Å². The lowest BCUT2D eigenvalue weighted by Gasteiger charge is -2.25. The summed E-state index contributed by atoms with van der Waals surface area (Å²) in [5, 5.41) is 3.46. The SMILES string of the molecule is CC(C)(CNc1nc2ccccc2c(=O)[nH]1)NS(C)(=O)=O. The van der Waals surface area contributed by atoms with Crippen LogP contribution in [0, 0.1) is 0 Å². The first-order valence-corrected chi connectivity index (χ1v) is 8.27. The lowest BCUT2D eigenvalue weighted by Crippen LogP contribution is -2.48. The van der Waals surface area contributed by atoms with Gasteiger partial charge in [-0.05, 0) is 26.0 Å². The smallest absolute Gasteiger partial charge is 0.260 e. The van der Waals surface area contributed by atoms with Gasteiger partial charge < -0.3 is 5.32 Å². The molecule has 1 aromatic carbocycles. The second-order valence-corrected chi connectivity index (χ2v) is 7.29. The van der Waals surface area contributed by atoms with E-state index >= 15 is 0 Å². The molecule has 1 aromatic heterocycles. The van der Waals surface area contributed by atoms with E-state index in [1.165, 1.54) is 0 Å².